The summed E-state index contributed by atoms with van der Waals surface area (Å²) in [5.74, 6) is 1.21. The molecule has 2 aliphatic heterocycles. The minimum Gasteiger partial charge on any atom is -0.486 e. The first-order valence-electron chi connectivity index (χ1n) is 9.98. The zero-order chi connectivity index (χ0) is 21.2. The molecule has 4 heterocycles. The number of morpholine rings is 1. The van der Waals surface area contributed by atoms with Crippen molar-refractivity contribution < 1.29 is 19.0 Å². The van der Waals surface area contributed by atoms with E-state index in [9.17, 15) is 4.79 Å². The van der Waals surface area contributed by atoms with E-state index in [1.165, 1.54) is 11.3 Å². The Labute approximate surface area is 183 Å². The first-order chi connectivity index (χ1) is 15.2. The molecule has 2 aromatic heterocycles. The van der Waals surface area contributed by atoms with Crippen molar-refractivity contribution in [2.45, 2.75) is 13.0 Å². The van der Waals surface area contributed by atoms with E-state index in [0.717, 1.165) is 17.1 Å². The fourth-order valence-corrected chi connectivity index (χ4v) is 4.12. The molecular formula is C21H21N5O4S. The second-order valence-corrected chi connectivity index (χ2v) is 8.09. The van der Waals surface area contributed by atoms with Gasteiger partial charge in [0.2, 0.25) is 5.13 Å². The molecule has 0 unspecified atom stereocenters. The lowest BCUT2D eigenvalue weighted by molar-refractivity contribution is -0.0247. The Morgan fingerprint density at radius 1 is 1.16 bits per heavy atom. The number of anilines is 2. The van der Waals surface area contributed by atoms with Gasteiger partial charge in [0.25, 0.3) is 5.91 Å². The first kappa shape index (κ1) is 19.7. The summed E-state index contributed by atoms with van der Waals surface area (Å²) in [6.07, 6.45) is -0.315. The Kier molecular flexibility index (Phi) is 5.39. The lowest BCUT2D eigenvalue weighted by atomic mass is 10.1. The van der Waals surface area contributed by atoms with Crippen LogP contribution in [0.4, 0.5) is 10.8 Å². The van der Waals surface area contributed by atoms with Crippen LogP contribution in [0.25, 0.3) is 0 Å². The van der Waals surface area contributed by atoms with Gasteiger partial charge in [-0.05, 0) is 37.3 Å². The zero-order valence-corrected chi connectivity index (χ0v) is 17.7. The number of amides is 1. The summed E-state index contributed by atoms with van der Waals surface area (Å²) >= 11 is 1.42. The average Bonchev–Trinajstić information content (AvgIpc) is 3.31. The molecule has 1 fully saturated rings. The Bertz CT molecular complexity index is 1090. The van der Waals surface area contributed by atoms with Gasteiger partial charge in [-0.15, -0.1) is 10.2 Å². The van der Waals surface area contributed by atoms with Gasteiger partial charge in [0.1, 0.15) is 24.8 Å². The summed E-state index contributed by atoms with van der Waals surface area (Å²) in [7, 11) is 0. The van der Waals surface area contributed by atoms with E-state index in [4.69, 9.17) is 14.2 Å². The molecule has 10 heteroatoms. The largest absolute Gasteiger partial charge is 0.486 e. The minimum absolute atomic E-state index is 0.0647. The Balaban J connectivity index is 1.33. The highest BCUT2D eigenvalue weighted by Gasteiger charge is 2.28. The van der Waals surface area contributed by atoms with Crippen molar-refractivity contribution in [2.24, 2.45) is 0 Å². The highest BCUT2D eigenvalue weighted by molar-refractivity contribution is 7.13. The van der Waals surface area contributed by atoms with E-state index in [0.29, 0.717) is 55.1 Å². The van der Waals surface area contributed by atoms with Crippen molar-refractivity contribution in [2.75, 3.05) is 38.2 Å². The number of aromatic nitrogens is 3. The van der Waals surface area contributed by atoms with Crippen LogP contribution < -0.4 is 14.8 Å². The smallest absolute Gasteiger partial charge is 0.254 e. The highest BCUT2D eigenvalue weighted by atomic mass is 32.1. The Hall–Kier alpha value is -3.24. The number of carbonyl (C=O) groups excluding carboxylic acids is 1. The number of benzene rings is 1. The number of ether oxygens (including phenoxy) is 3. The maximum Gasteiger partial charge on any atom is 0.254 e. The third kappa shape index (κ3) is 4.30. The molecule has 1 N–H and O–H groups in total. The van der Waals surface area contributed by atoms with Crippen LogP contribution in [0.1, 0.15) is 27.8 Å². The number of hydrogen-bond acceptors (Lipinski definition) is 9. The molecular weight excluding hydrogens is 418 g/mol. The second kappa shape index (κ2) is 8.48. The normalized spacial score (nSPS) is 18.0. The number of fused-ring (bicyclic) bond motifs is 1. The summed E-state index contributed by atoms with van der Waals surface area (Å²) in [5.41, 5.74) is 4.72. The molecule has 1 aromatic carbocycles. The number of nitrogens with zero attached hydrogens (tertiary/aromatic N) is 4. The zero-order valence-electron chi connectivity index (χ0n) is 16.9. The van der Waals surface area contributed by atoms with Crippen molar-refractivity contribution in [3.8, 4) is 11.5 Å². The fraction of sp³-hybridized carbons (Fsp3) is 0.333. The van der Waals surface area contributed by atoms with Crippen molar-refractivity contribution in [1.29, 1.82) is 0 Å². The van der Waals surface area contributed by atoms with Gasteiger partial charge in [0.05, 0.1) is 18.8 Å². The van der Waals surface area contributed by atoms with Gasteiger partial charge in [-0.2, -0.15) is 0 Å². The van der Waals surface area contributed by atoms with Crippen molar-refractivity contribution >= 4 is 28.1 Å². The highest BCUT2D eigenvalue weighted by Crippen LogP contribution is 2.32. The van der Waals surface area contributed by atoms with Crippen LogP contribution in [0.5, 0.6) is 11.5 Å². The minimum atomic E-state index is -0.315. The van der Waals surface area contributed by atoms with Gasteiger partial charge in [-0.3, -0.25) is 9.78 Å². The summed E-state index contributed by atoms with van der Waals surface area (Å²) in [6, 6.07) is 9.17. The molecule has 0 spiro atoms. The van der Waals surface area contributed by atoms with Gasteiger partial charge in [0.15, 0.2) is 11.5 Å². The quantitative estimate of drug-likeness (QED) is 0.663. The molecule has 1 amide bonds. The number of pyridine rings is 1. The lowest BCUT2D eigenvalue weighted by Gasteiger charge is -2.33. The van der Waals surface area contributed by atoms with E-state index < -0.39 is 0 Å². The lowest BCUT2D eigenvalue weighted by Crippen LogP contribution is -2.42. The van der Waals surface area contributed by atoms with E-state index in [1.807, 2.05) is 19.1 Å². The molecule has 5 rings (SSSR count). The van der Waals surface area contributed by atoms with Crippen molar-refractivity contribution in [1.82, 2.24) is 20.1 Å². The van der Waals surface area contributed by atoms with Gasteiger partial charge >= 0.3 is 0 Å². The SMILES string of the molecule is Cc1cc(Nc2nncs2)cc([C@@H]2CN(C(=O)c3ccc4c(c3)OCCO4)CCO2)n1. The summed E-state index contributed by atoms with van der Waals surface area (Å²) in [5, 5.41) is 11.8. The van der Waals surface area contributed by atoms with Crippen LogP contribution in [0, 0.1) is 6.92 Å². The number of rotatable bonds is 4. The van der Waals surface area contributed by atoms with Gasteiger partial charge < -0.3 is 24.4 Å². The molecule has 9 nitrogen and oxygen atoms in total. The van der Waals surface area contributed by atoms with E-state index in [2.05, 4.69) is 20.5 Å². The molecule has 31 heavy (non-hydrogen) atoms. The van der Waals surface area contributed by atoms with E-state index in [-0.39, 0.29) is 12.0 Å². The van der Waals surface area contributed by atoms with Crippen molar-refractivity contribution in [3.63, 3.8) is 0 Å². The third-order valence-electron chi connectivity index (χ3n) is 5.06. The molecule has 3 aromatic rings. The van der Waals surface area contributed by atoms with E-state index in [1.54, 1.807) is 28.6 Å². The predicted octanol–water partition coefficient (Wildman–Crippen LogP) is 2.97. The molecule has 160 valence electrons. The van der Waals surface area contributed by atoms with Gasteiger partial charge in [0, 0.05) is 23.5 Å². The van der Waals surface area contributed by atoms with Crippen molar-refractivity contribution in [3.05, 3.63) is 52.8 Å². The molecule has 0 radical (unpaired) electrons. The standard InChI is InChI=1S/C21H21N5O4S/c1-13-8-15(24-21-25-22-12-31-21)10-16(23-13)19-11-26(4-5-28-19)20(27)14-2-3-17-18(9-14)30-7-6-29-17/h2-3,8-10,12,19H,4-7,11H2,1H3,(H,23,24,25)/t19-/m0/s1. The summed E-state index contributed by atoms with van der Waals surface area (Å²) < 4.78 is 17.1. The summed E-state index contributed by atoms with van der Waals surface area (Å²) in [6.45, 7) is 4.31. The predicted molar refractivity (Wildman–Crippen MR) is 114 cm³/mol. The van der Waals surface area contributed by atoms with E-state index >= 15 is 0 Å². The van der Waals surface area contributed by atoms with Crippen LogP contribution in [0.2, 0.25) is 0 Å². The molecule has 1 atom stereocenters. The Morgan fingerprint density at radius 3 is 2.87 bits per heavy atom. The number of carbonyl (C=O) groups is 1. The molecule has 0 bridgehead atoms. The fourth-order valence-electron chi connectivity index (χ4n) is 3.65. The number of hydrogen-bond donors (Lipinski definition) is 1. The van der Waals surface area contributed by atoms with Crippen LogP contribution in [-0.4, -0.2) is 58.9 Å². The second-order valence-electron chi connectivity index (χ2n) is 7.26. The third-order valence-corrected chi connectivity index (χ3v) is 5.66. The molecule has 0 saturated carbocycles. The maximum absolute atomic E-state index is 13.1. The van der Waals surface area contributed by atoms with Crippen LogP contribution in [0.3, 0.4) is 0 Å². The average molecular weight is 439 g/mol. The number of nitrogens with one attached hydrogen (secondary N) is 1. The molecule has 1 saturated heterocycles. The van der Waals surface area contributed by atoms with Crippen LogP contribution in [0.15, 0.2) is 35.8 Å². The Morgan fingerprint density at radius 2 is 2.03 bits per heavy atom. The van der Waals surface area contributed by atoms with Gasteiger partial charge in [-0.25, -0.2) is 0 Å². The number of aryl methyl sites for hydroxylation is 1. The van der Waals surface area contributed by atoms with Gasteiger partial charge in [-0.1, -0.05) is 11.3 Å². The monoisotopic (exact) mass is 439 g/mol. The first-order valence-corrected chi connectivity index (χ1v) is 10.9. The van der Waals surface area contributed by atoms with Crippen LogP contribution in [-0.2, 0) is 4.74 Å². The molecule has 0 aliphatic carbocycles. The topological polar surface area (TPSA) is 98.7 Å². The van der Waals surface area contributed by atoms with Crippen LogP contribution >= 0.6 is 11.3 Å². The summed E-state index contributed by atoms with van der Waals surface area (Å²) in [4.78, 5) is 19.6. The molecule has 2 aliphatic rings. The maximum atomic E-state index is 13.1.